The first-order valence-electron chi connectivity index (χ1n) is 5.52. The van der Waals surface area contributed by atoms with E-state index in [1.807, 2.05) is 5.38 Å². The molecule has 1 aromatic heterocycles. The Bertz CT molecular complexity index is 569. The zero-order valence-corrected chi connectivity index (χ0v) is 11.3. The van der Waals surface area contributed by atoms with Gasteiger partial charge in [-0.3, -0.25) is 4.79 Å². The SMILES string of the molecule is C#CCN(C(=O)c1cccs1)C1CCS(=O)(=O)C1. The average molecular weight is 283 g/mol. The lowest BCUT2D eigenvalue weighted by atomic mass is 10.2. The van der Waals surface area contributed by atoms with E-state index >= 15 is 0 Å². The molecule has 0 N–H and O–H groups in total. The van der Waals surface area contributed by atoms with Crippen molar-refractivity contribution in [1.29, 1.82) is 0 Å². The molecule has 6 heteroatoms. The lowest BCUT2D eigenvalue weighted by molar-refractivity contribution is 0.0729. The van der Waals surface area contributed by atoms with Gasteiger partial charge in [0.1, 0.15) is 0 Å². The number of carbonyl (C=O) groups is 1. The second-order valence-electron chi connectivity index (χ2n) is 4.17. The molecule has 1 aliphatic heterocycles. The van der Waals surface area contributed by atoms with Crippen LogP contribution in [0.15, 0.2) is 17.5 Å². The Labute approximate surface area is 111 Å². The van der Waals surface area contributed by atoms with Crippen LogP contribution in [0, 0.1) is 12.3 Å². The van der Waals surface area contributed by atoms with E-state index < -0.39 is 9.84 Å². The Morgan fingerprint density at radius 1 is 1.61 bits per heavy atom. The van der Waals surface area contributed by atoms with E-state index in [1.54, 1.807) is 12.1 Å². The van der Waals surface area contributed by atoms with Crippen molar-refractivity contribution in [3.8, 4) is 12.3 Å². The second-order valence-corrected chi connectivity index (χ2v) is 7.35. The number of thiophene rings is 1. The molecule has 1 aliphatic rings. The topological polar surface area (TPSA) is 54.5 Å². The number of terminal acetylenes is 1. The normalized spacial score (nSPS) is 21.4. The van der Waals surface area contributed by atoms with Gasteiger partial charge in [-0.1, -0.05) is 12.0 Å². The summed E-state index contributed by atoms with van der Waals surface area (Å²) in [6, 6.07) is 3.22. The highest BCUT2D eigenvalue weighted by atomic mass is 32.2. The minimum atomic E-state index is -3.02. The highest BCUT2D eigenvalue weighted by Crippen LogP contribution is 2.21. The first-order chi connectivity index (χ1) is 8.53. The minimum absolute atomic E-state index is 0.0196. The molecule has 0 aromatic carbocycles. The highest BCUT2D eigenvalue weighted by molar-refractivity contribution is 7.91. The van der Waals surface area contributed by atoms with Gasteiger partial charge < -0.3 is 4.90 Å². The van der Waals surface area contributed by atoms with E-state index in [4.69, 9.17) is 6.42 Å². The van der Waals surface area contributed by atoms with Crippen LogP contribution in [0.5, 0.6) is 0 Å². The van der Waals surface area contributed by atoms with E-state index in [0.717, 1.165) is 0 Å². The van der Waals surface area contributed by atoms with Crippen molar-refractivity contribution in [2.45, 2.75) is 12.5 Å². The predicted octanol–water partition coefficient (Wildman–Crippen LogP) is 1.01. The van der Waals surface area contributed by atoms with Crippen LogP contribution in [0.25, 0.3) is 0 Å². The third kappa shape index (κ3) is 2.74. The van der Waals surface area contributed by atoms with Crippen LogP contribution in [0.3, 0.4) is 0 Å². The van der Waals surface area contributed by atoms with Gasteiger partial charge in [0.25, 0.3) is 5.91 Å². The molecule has 0 aliphatic carbocycles. The van der Waals surface area contributed by atoms with E-state index in [9.17, 15) is 13.2 Å². The van der Waals surface area contributed by atoms with Crippen LogP contribution < -0.4 is 0 Å². The number of carbonyl (C=O) groups excluding carboxylic acids is 1. The van der Waals surface area contributed by atoms with Gasteiger partial charge in [0.2, 0.25) is 0 Å². The summed E-state index contributed by atoms with van der Waals surface area (Å²) in [5, 5.41) is 1.81. The molecule has 1 saturated heterocycles. The van der Waals surface area contributed by atoms with Gasteiger partial charge in [0.15, 0.2) is 9.84 Å². The molecule has 2 heterocycles. The molecular formula is C12H13NO3S2. The largest absolute Gasteiger partial charge is 0.323 e. The van der Waals surface area contributed by atoms with E-state index in [-0.39, 0.29) is 30.0 Å². The molecular weight excluding hydrogens is 270 g/mol. The van der Waals surface area contributed by atoms with Gasteiger partial charge in [0.05, 0.1) is 22.9 Å². The molecule has 0 radical (unpaired) electrons. The first kappa shape index (κ1) is 13.1. The third-order valence-electron chi connectivity index (χ3n) is 2.90. The van der Waals surface area contributed by atoms with Crippen molar-refractivity contribution in [3.05, 3.63) is 22.4 Å². The molecule has 18 heavy (non-hydrogen) atoms. The first-order valence-corrected chi connectivity index (χ1v) is 8.22. The number of rotatable bonds is 3. The molecule has 1 unspecified atom stereocenters. The highest BCUT2D eigenvalue weighted by Gasteiger charge is 2.34. The molecule has 96 valence electrons. The molecule has 4 nitrogen and oxygen atoms in total. The summed E-state index contributed by atoms with van der Waals surface area (Å²) in [5.74, 6) is 2.41. The zero-order valence-electron chi connectivity index (χ0n) is 9.70. The Kier molecular flexibility index (Phi) is 3.73. The zero-order chi connectivity index (χ0) is 13.2. The van der Waals surface area contributed by atoms with Crippen molar-refractivity contribution in [3.63, 3.8) is 0 Å². The van der Waals surface area contributed by atoms with Gasteiger partial charge in [-0.25, -0.2) is 8.42 Å². The minimum Gasteiger partial charge on any atom is -0.323 e. The quantitative estimate of drug-likeness (QED) is 0.778. The molecule has 1 atom stereocenters. The lowest BCUT2D eigenvalue weighted by Crippen LogP contribution is -2.41. The van der Waals surface area contributed by atoms with Crippen molar-refractivity contribution >= 4 is 27.1 Å². The number of hydrogen-bond donors (Lipinski definition) is 0. The Hall–Kier alpha value is -1.32. The summed E-state index contributed by atoms with van der Waals surface area (Å²) < 4.78 is 22.9. The average Bonchev–Trinajstić information content (AvgIpc) is 2.94. The number of sulfone groups is 1. The number of hydrogen-bond acceptors (Lipinski definition) is 4. The molecule has 1 aromatic rings. The predicted molar refractivity (Wildman–Crippen MR) is 71.2 cm³/mol. The maximum absolute atomic E-state index is 12.2. The fraction of sp³-hybridized carbons (Fsp3) is 0.417. The standard InChI is InChI=1S/C12H13NO3S2/c1-2-6-13(10-5-8-18(15,16)9-10)12(14)11-4-3-7-17-11/h1,3-4,7,10H,5-6,8-9H2. The molecule has 1 amide bonds. The van der Waals surface area contributed by atoms with Gasteiger partial charge in [-0.05, 0) is 17.9 Å². The van der Waals surface area contributed by atoms with Crippen LogP contribution in [0.2, 0.25) is 0 Å². The van der Waals surface area contributed by atoms with Crippen molar-refractivity contribution in [2.75, 3.05) is 18.1 Å². The van der Waals surface area contributed by atoms with Crippen LogP contribution in [0.1, 0.15) is 16.1 Å². The Morgan fingerprint density at radius 2 is 2.39 bits per heavy atom. The maximum atomic E-state index is 12.2. The van der Waals surface area contributed by atoms with Crippen LogP contribution in [-0.2, 0) is 9.84 Å². The van der Waals surface area contributed by atoms with E-state index in [2.05, 4.69) is 5.92 Å². The van der Waals surface area contributed by atoms with Crippen molar-refractivity contribution in [2.24, 2.45) is 0 Å². The summed E-state index contributed by atoms with van der Waals surface area (Å²) in [5.41, 5.74) is 0. The molecule has 0 saturated carbocycles. The van der Waals surface area contributed by atoms with Crippen LogP contribution >= 0.6 is 11.3 Å². The molecule has 1 fully saturated rings. The summed E-state index contributed by atoms with van der Waals surface area (Å²) in [6.45, 7) is 0.150. The lowest BCUT2D eigenvalue weighted by Gasteiger charge is -2.25. The fourth-order valence-corrected chi connectivity index (χ4v) is 4.44. The second kappa shape index (κ2) is 5.12. The summed E-state index contributed by atoms with van der Waals surface area (Å²) in [4.78, 5) is 14.3. The van der Waals surface area contributed by atoms with Crippen LogP contribution in [0.4, 0.5) is 0 Å². The third-order valence-corrected chi connectivity index (χ3v) is 5.51. The summed E-state index contributed by atoms with van der Waals surface area (Å²) in [7, 11) is -3.02. The van der Waals surface area contributed by atoms with Crippen molar-refractivity contribution in [1.82, 2.24) is 4.90 Å². The van der Waals surface area contributed by atoms with E-state index in [0.29, 0.717) is 11.3 Å². The van der Waals surface area contributed by atoms with Gasteiger partial charge in [-0.15, -0.1) is 17.8 Å². The fourth-order valence-electron chi connectivity index (χ4n) is 2.03. The molecule has 2 rings (SSSR count). The number of amides is 1. The van der Waals surface area contributed by atoms with Crippen molar-refractivity contribution < 1.29 is 13.2 Å². The molecule has 0 bridgehead atoms. The Balaban J connectivity index is 2.19. The smallest absolute Gasteiger partial charge is 0.264 e. The molecule has 0 spiro atoms. The van der Waals surface area contributed by atoms with E-state index in [1.165, 1.54) is 16.2 Å². The monoisotopic (exact) mass is 283 g/mol. The van der Waals surface area contributed by atoms with Gasteiger partial charge in [0, 0.05) is 6.04 Å². The van der Waals surface area contributed by atoms with Gasteiger partial charge >= 0.3 is 0 Å². The Morgan fingerprint density at radius 3 is 2.89 bits per heavy atom. The summed E-state index contributed by atoms with van der Waals surface area (Å²) in [6.07, 6.45) is 5.74. The number of nitrogens with zero attached hydrogens (tertiary/aromatic N) is 1. The van der Waals surface area contributed by atoms with Crippen LogP contribution in [-0.4, -0.2) is 43.3 Å². The maximum Gasteiger partial charge on any atom is 0.264 e. The summed E-state index contributed by atoms with van der Waals surface area (Å²) >= 11 is 1.33. The van der Waals surface area contributed by atoms with Gasteiger partial charge in [-0.2, -0.15) is 0 Å².